The number of hydrogen-bond donors (Lipinski definition) is 1. The third-order valence-corrected chi connectivity index (χ3v) is 12.6. The Morgan fingerprint density at radius 1 is 0.627 bits per heavy atom. The van der Waals surface area contributed by atoms with Crippen molar-refractivity contribution in [2.45, 2.75) is 84.0 Å². The van der Waals surface area contributed by atoms with Gasteiger partial charge in [0.2, 0.25) is 11.8 Å². The van der Waals surface area contributed by atoms with E-state index in [-0.39, 0.29) is 18.2 Å². The number of benzene rings is 4. The van der Waals surface area contributed by atoms with E-state index in [2.05, 4.69) is 41.5 Å². The van der Waals surface area contributed by atoms with Gasteiger partial charge in [-0.1, -0.05) is 81.8 Å². The second kappa shape index (κ2) is 18.9. The van der Waals surface area contributed by atoms with Crippen molar-refractivity contribution in [3.05, 3.63) is 122 Å². The van der Waals surface area contributed by atoms with E-state index in [1.165, 1.54) is 64.2 Å². The van der Waals surface area contributed by atoms with Crippen LogP contribution < -0.4 is 20.0 Å². The van der Waals surface area contributed by atoms with Crippen LogP contribution in [-0.4, -0.2) is 41.9 Å². The van der Waals surface area contributed by atoms with E-state index in [4.69, 9.17) is 9.97 Å². The highest BCUT2D eigenvalue weighted by atomic mass is 16.2. The van der Waals surface area contributed by atoms with Crippen LogP contribution in [0.2, 0.25) is 0 Å². The molecule has 2 amide bonds. The summed E-state index contributed by atoms with van der Waals surface area (Å²) in [6, 6.07) is 36.4. The highest BCUT2D eigenvalue weighted by molar-refractivity contribution is 6.04. The molecule has 8 heteroatoms. The van der Waals surface area contributed by atoms with Crippen molar-refractivity contribution in [3.63, 3.8) is 0 Å². The Morgan fingerprint density at radius 2 is 1.14 bits per heavy atom. The number of aromatic nitrogens is 2. The summed E-state index contributed by atoms with van der Waals surface area (Å²) in [4.78, 5) is 44.5. The number of rotatable bonds is 14. The van der Waals surface area contributed by atoms with Crippen LogP contribution in [0.1, 0.15) is 84.0 Å². The molecule has 8 nitrogen and oxygen atoms in total. The minimum atomic E-state index is -0.457. The summed E-state index contributed by atoms with van der Waals surface area (Å²) in [7, 11) is 2.17. The second-order valence-corrected chi connectivity index (χ2v) is 16.9. The average molecular weight is 787 g/mol. The minimum Gasteiger partial charge on any atom is -0.385 e. The fraction of sp³-hybridized carbons (Fsp3) is 0.373. The Labute approximate surface area is 349 Å². The van der Waals surface area contributed by atoms with Gasteiger partial charge < -0.3 is 10.2 Å². The molecule has 2 heterocycles. The molecule has 2 fully saturated rings. The fourth-order valence-corrected chi connectivity index (χ4v) is 9.10. The number of carbonyl (C=O) groups is 2. The Kier molecular flexibility index (Phi) is 12.8. The normalized spacial score (nSPS) is 15.5. The first-order chi connectivity index (χ1) is 28.9. The van der Waals surface area contributed by atoms with Crippen LogP contribution >= 0.6 is 0 Å². The largest absolute Gasteiger partial charge is 0.385 e. The van der Waals surface area contributed by atoms with Gasteiger partial charge in [-0.3, -0.25) is 29.4 Å². The van der Waals surface area contributed by atoms with Crippen molar-refractivity contribution in [1.29, 1.82) is 0 Å². The van der Waals surface area contributed by atoms with Crippen molar-refractivity contribution in [1.82, 2.24) is 9.97 Å². The lowest BCUT2D eigenvalue weighted by molar-refractivity contribution is -0.122. The number of amides is 2. The maximum absolute atomic E-state index is 14.7. The molecule has 0 radical (unpaired) electrons. The predicted octanol–water partition coefficient (Wildman–Crippen LogP) is 12.2. The molecule has 304 valence electrons. The molecule has 0 spiro atoms. The van der Waals surface area contributed by atoms with Gasteiger partial charge in [-0.2, -0.15) is 0 Å². The number of anilines is 6. The van der Waals surface area contributed by atoms with Gasteiger partial charge in [0.05, 0.1) is 34.8 Å². The van der Waals surface area contributed by atoms with Crippen LogP contribution in [0.3, 0.4) is 0 Å². The lowest BCUT2D eigenvalue weighted by atomic mass is 9.89. The molecule has 6 aromatic rings. The zero-order valence-corrected chi connectivity index (χ0v) is 34.7. The van der Waals surface area contributed by atoms with Gasteiger partial charge in [0.1, 0.15) is 0 Å². The number of nitrogens with zero attached hydrogens (tertiary/aromatic N) is 5. The van der Waals surface area contributed by atoms with Gasteiger partial charge in [0.15, 0.2) is 0 Å². The monoisotopic (exact) mass is 786 g/mol. The third-order valence-electron chi connectivity index (χ3n) is 12.6. The van der Waals surface area contributed by atoms with Crippen molar-refractivity contribution < 1.29 is 9.59 Å². The summed E-state index contributed by atoms with van der Waals surface area (Å²) in [5.74, 6) is 0.807. The molecule has 0 bridgehead atoms. The molecule has 2 aliphatic rings. The van der Waals surface area contributed by atoms with E-state index in [9.17, 15) is 9.59 Å². The number of pyridine rings is 2. The molecule has 2 aromatic heterocycles. The molecule has 8 rings (SSSR count). The smallest absolute Gasteiger partial charge is 0.234 e. The Morgan fingerprint density at radius 3 is 1.75 bits per heavy atom. The van der Waals surface area contributed by atoms with E-state index >= 15 is 0 Å². The van der Waals surface area contributed by atoms with Crippen LogP contribution in [0.5, 0.6) is 0 Å². The van der Waals surface area contributed by atoms with Gasteiger partial charge in [0.25, 0.3) is 0 Å². The molecule has 1 N–H and O–H groups in total. The molecule has 1 atom stereocenters. The fourth-order valence-electron chi connectivity index (χ4n) is 9.10. The van der Waals surface area contributed by atoms with E-state index in [0.717, 1.165) is 63.6 Å². The van der Waals surface area contributed by atoms with Crippen LogP contribution in [0.25, 0.3) is 21.8 Å². The molecular formula is C51H58N6O2. The van der Waals surface area contributed by atoms with Crippen LogP contribution in [-0.2, 0) is 9.59 Å². The number of fused-ring (bicyclic) bond motifs is 2. The number of carbonyl (C=O) groups excluding carboxylic acids is 2. The first-order valence-corrected chi connectivity index (χ1v) is 21.9. The zero-order chi connectivity index (χ0) is 40.6. The summed E-state index contributed by atoms with van der Waals surface area (Å²) in [6.07, 6.45) is 17.2. The number of nitrogens with one attached hydrogen (secondary N) is 1. The standard InChI is InChI=1S/C51H58N6O2/c1-37(51(59)57(47-32-41-18-10-12-20-49(41)54-35-47)45-24-22-42(23-25-45)52-33-38-13-5-3-6-14-38)21-30-50(58)56(46-31-40-17-9-11-19-48(40)53-34-46)44-28-26-43(27-29-44)55(2)36-39-15-7-4-8-16-39/h9-12,17-20,22-29,31-32,34-35,37-39,52H,3-8,13-16,21,30,33,36H2,1-2H3. The van der Waals surface area contributed by atoms with Gasteiger partial charge >= 0.3 is 0 Å². The lowest BCUT2D eigenvalue weighted by Gasteiger charge is -2.29. The van der Waals surface area contributed by atoms with E-state index in [1.54, 1.807) is 22.2 Å². The summed E-state index contributed by atoms with van der Waals surface area (Å²) in [5, 5.41) is 5.56. The van der Waals surface area contributed by atoms with E-state index in [0.29, 0.717) is 23.7 Å². The first kappa shape index (κ1) is 40.0. The van der Waals surface area contributed by atoms with Crippen molar-refractivity contribution in [2.24, 2.45) is 17.8 Å². The maximum atomic E-state index is 14.7. The molecule has 2 aliphatic carbocycles. The topological polar surface area (TPSA) is 81.7 Å². The van der Waals surface area contributed by atoms with Crippen molar-refractivity contribution in [2.75, 3.05) is 40.2 Å². The third kappa shape index (κ3) is 9.76. The molecule has 2 saturated carbocycles. The molecular weight excluding hydrogens is 729 g/mol. The van der Waals surface area contributed by atoms with Gasteiger partial charge in [-0.25, -0.2) is 0 Å². The summed E-state index contributed by atoms with van der Waals surface area (Å²) < 4.78 is 0. The maximum Gasteiger partial charge on any atom is 0.234 e. The summed E-state index contributed by atoms with van der Waals surface area (Å²) in [6.45, 7) is 3.93. The van der Waals surface area contributed by atoms with Crippen LogP contribution in [0.4, 0.5) is 34.1 Å². The van der Waals surface area contributed by atoms with Gasteiger partial charge in [-0.15, -0.1) is 0 Å². The predicted molar refractivity (Wildman–Crippen MR) is 244 cm³/mol. The van der Waals surface area contributed by atoms with Crippen molar-refractivity contribution in [3.8, 4) is 0 Å². The quantitative estimate of drug-likeness (QED) is 0.118. The zero-order valence-electron chi connectivity index (χ0n) is 34.7. The first-order valence-electron chi connectivity index (χ1n) is 21.9. The van der Waals surface area contributed by atoms with Crippen molar-refractivity contribution >= 4 is 67.7 Å². The Balaban J connectivity index is 1.02. The molecule has 1 unspecified atom stereocenters. The minimum absolute atomic E-state index is 0.0814. The highest BCUT2D eigenvalue weighted by Gasteiger charge is 2.27. The summed E-state index contributed by atoms with van der Waals surface area (Å²) in [5.41, 5.74) is 6.89. The molecule has 59 heavy (non-hydrogen) atoms. The van der Waals surface area contributed by atoms with Crippen LogP contribution in [0, 0.1) is 17.8 Å². The average Bonchev–Trinajstić information content (AvgIpc) is 3.29. The molecule has 4 aromatic carbocycles. The van der Waals surface area contributed by atoms with Crippen LogP contribution in [0.15, 0.2) is 122 Å². The molecule has 0 saturated heterocycles. The molecule has 0 aliphatic heterocycles. The SMILES string of the molecule is CC(CCC(=O)N(c1ccc(N(C)CC2CCCCC2)cc1)c1cnc2ccccc2c1)C(=O)N(c1ccc(NCC2CCCCC2)cc1)c1cnc2ccccc2c1. The number of para-hydroxylation sites is 2. The Hall–Kier alpha value is -5.76. The van der Waals surface area contributed by atoms with Gasteiger partial charge in [0, 0.05) is 66.0 Å². The van der Waals surface area contributed by atoms with E-state index < -0.39 is 5.92 Å². The second-order valence-electron chi connectivity index (χ2n) is 16.9. The number of hydrogen-bond acceptors (Lipinski definition) is 6. The van der Waals surface area contributed by atoms with Gasteiger partial charge in [-0.05, 0) is 117 Å². The lowest BCUT2D eigenvalue weighted by Crippen LogP contribution is -2.33. The highest BCUT2D eigenvalue weighted by Crippen LogP contribution is 2.34. The Bertz CT molecular complexity index is 2330. The summed E-state index contributed by atoms with van der Waals surface area (Å²) >= 11 is 0. The van der Waals surface area contributed by atoms with E-state index in [1.807, 2.05) is 91.9 Å².